The van der Waals surface area contributed by atoms with E-state index in [1.54, 1.807) is 7.05 Å². The smallest absolute Gasteiger partial charge is 0.251 e. The Morgan fingerprint density at radius 1 is 1.20 bits per heavy atom. The first kappa shape index (κ1) is 22.1. The number of hydrogen-bond acceptors (Lipinski definition) is 3. The zero-order chi connectivity index (χ0) is 21.3. The van der Waals surface area contributed by atoms with Crippen molar-refractivity contribution in [2.24, 2.45) is 4.99 Å². The number of ether oxygens (including phenoxy) is 1. The van der Waals surface area contributed by atoms with Crippen LogP contribution in [0.3, 0.4) is 0 Å². The van der Waals surface area contributed by atoms with E-state index >= 15 is 0 Å². The summed E-state index contributed by atoms with van der Waals surface area (Å²) >= 11 is 6.08. The summed E-state index contributed by atoms with van der Waals surface area (Å²) in [5.41, 5.74) is 2.77. The maximum atomic E-state index is 12.5. The maximum Gasteiger partial charge on any atom is 0.251 e. The summed E-state index contributed by atoms with van der Waals surface area (Å²) in [5, 5.41) is 7.04. The van der Waals surface area contributed by atoms with Crippen LogP contribution in [0.25, 0.3) is 0 Å². The third-order valence-corrected chi connectivity index (χ3v) is 5.27. The lowest BCUT2D eigenvalue weighted by Gasteiger charge is -2.22. The molecule has 7 heteroatoms. The second-order valence-corrected chi connectivity index (χ2v) is 7.87. The molecule has 1 aliphatic heterocycles. The number of rotatable bonds is 7. The molecule has 0 aliphatic carbocycles. The highest BCUT2D eigenvalue weighted by atomic mass is 35.5. The number of hydrogen-bond donors (Lipinski definition) is 2. The molecule has 0 spiro atoms. The first-order chi connectivity index (χ1) is 14.5. The monoisotopic (exact) mass is 428 g/mol. The number of halogens is 1. The summed E-state index contributed by atoms with van der Waals surface area (Å²) in [5.74, 6) is 0.693. The Balaban J connectivity index is 1.53. The summed E-state index contributed by atoms with van der Waals surface area (Å²) in [6, 6.07) is 15.4. The van der Waals surface area contributed by atoms with Gasteiger partial charge >= 0.3 is 0 Å². The van der Waals surface area contributed by atoms with Gasteiger partial charge in [-0.25, -0.2) is 0 Å². The van der Waals surface area contributed by atoms with E-state index in [0.29, 0.717) is 25.2 Å². The highest BCUT2D eigenvalue weighted by Crippen LogP contribution is 2.13. The number of nitrogens with one attached hydrogen (secondary N) is 2. The van der Waals surface area contributed by atoms with Crippen molar-refractivity contribution in [3.8, 4) is 0 Å². The minimum absolute atomic E-state index is 0.0743. The van der Waals surface area contributed by atoms with E-state index in [1.165, 1.54) is 0 Å². The molecule has 1 heterocycles. The molecular weight excluding hydrogens is 400 g/mol. The Labute approximate surface area is 183 Å². The first-order valence-electron chi connectivity index (χ1n) is 10.2. The largest absolute Gasteiger partial charge is 0.376 e. The van der Waals surface area contributed by atoms with Crippen LogP contribution in [0.4, 0.5) is 0 Å². The molecule has 160 valence electrons. The van der Waals surface area contributed by atoms with Gasteiger partial charge in [-0.05, 0) is 48.2 Å². The van der Waals surface area contributed by atoms with Crippen LogP contribution in [0.1, 0.15) is 34.3 Å². The quantitative estimate of drug-likeness (QED) is 0.523. The molecule has 3 rings (SSSR count). The van der Waals surface area contributed by atoms with Crippen molar-refractivity contribution in [2.75, 3.05) is 27.2 Å². The molecular formula is C23H29ClN4O2. The summed E-state index contributed by atoms with van der Waals surface area (Å²) in [7, 11) is 3.73. The number of aliphatic imine (C=N–C) groups is 1. The second-order valence-electron chi connectivity index (χ2n) is 7.43. The molecule has 1 fully saturated rings. The van der Waals surface area contributed by atoms with Crippen LogP contribution in [-0.4, -0.2) is 50.1 Å². The molecule has 2 aromatic rings. The van der Waals surface area contributed by atoms with Gasteiger partial charge in [-0.1, -0.05) is 35.9 Å². The predicted octanol–water partition coefficient (Wildman–Crippen LogP) is 3.46. The van der Waals surface area contributed by atoms with Crippen molar-refractivity contribution in [1.82, 2.24) is 15.5 Å². The number of benzene rings is 2. The fraction of sp³-hybridized carbons (Fsp3) is 0.391. The fourth-order valence-electron chi connectivity index (χ4n) is 3.49. The average Bonchev–Trinajstić information content (AvgIpc) is 3.26. The molecule has 0 bridgehead atoms. The fourth-order valence-corrected chi connectivity index (χ4v) is 3.70. The Hall–Kier alpha value is -2.57. The zero-order valence-corrected chi connectivity index (χ0v) is 18.3. The van der Waals surface area contributed by atoms with Crippen molar-refractivity contribution >= 4 is 23.5 Å². The van der Waals surface area contributed by atoms with Gasteiger partial charge in [-0.15, -0.1) is 0 Å². The number of guanidine groups is 1. The van der Waals surface area contributed by atoms with E-state index in [-0.39, 0.29) is 12.0 Å². The van der Waals surface area contributed by atoms with Crippen molar-refractivity contribution < 1.29 is 9.53 Å². The van der Waals surface area contributed by atoms with Crippen LogP contribution in [0.15, 0.2) is 53.5 Å². The van der Waals surface area contributed by atoms with E-state index in [0.717, 1.165) is 41.6 Å². The number of nitrogens with zero attached hydrogens (tertiary/aromatic N) is 2. The minimum Gasteiger partial charge on any atom is -0.376 e. The average molecular weight is 429 g/mol. The van der Waals surface area contributed by atoms with E-state index in [4.69, 9.17) is 16.3 Å². The van der Waals surface area contributed by atoms with Crippen molar-refractivity contribution in [1.29, 1.82) is 0 Å². The van der Waals surface area contributed by atoms with Gasteiger partial charge in [-0.3, -0.25) is 9.79 Å². The van der Waals surface area contributed by atoms with E-state index in [9.17, 15) is 4.79 Å². The van der Waals surface area contributed by atoms with Gasteiger partial charge in [0.15, 0.2) is 5.96 Å². The topological polar surface area (TPSA) is 66.0 Å². The van der Waals surface area contributed by atoms with Gasteiger partial charge in [0.25, 0.3) is 5.91 Å². The van der Waals surface area contributed by atoms with Crippen molar-refractivity contribution in [2.45, 2.75) is 32.0 Å². The summed E-state index contributed by atoms with van der Waals surface area (Å²) in [6.45, 7) is 2.60. The van der Waals surface area contributed by atoms with Gasteiger partial charge in [0.05, 0.1) is 6.10 Å². The second kappa shape index (κ2) is 11.0. The van der Waals surface area contributed by atoms with Crippen molar-refractivity contribution in [3.05, 3.63) is 70.2 Å². The third-order valence-electron chi connectivity index (χ3n) is 5.04. The zero-order valence-electron chi connectivity index (χ0n) is 17.5. The third kappa shape index (κ3) is 6.47. The molecule has 1 saturated heterocycles. The lowest BCUT2D eigenvalue weighted by molar-refractivity contribution is 0.0857. The summed E-state index contributed by atoms with van der Waals surface area (Å²) in [6.07, 6.45) is 2.21. The predicted molar refractivity (Wildman–Crippen MR) is 121 cm³/mol. The van der Waals surface area contributed by atoms with E-state index in [1.807, 2.05) is 60.5 Å². The lowest BCUT2D eigenvalue weighted by Crippen LogP contribution is -2.38. The number of amides is 1. The van der Waals surface area contributed by atoms with Crippen molar-refractivity contribution in [3.63, 3.8) is 0 Å². The first-order valence-corrected chi connectivity index (χ1v) is 10.6. The van der Waals surface area contributed by atoms with Crippen LogP contribution < -0.4 is 10.6 Å². The Morgan fingerprint density at radius 2 is 2.00 bits per heavy atom. The maximum absolute atomic E-state index is 12.5. The molecule has 30 heavy (non-hydrogen) atoms. The number of carbonyl (C=O) groups is 1. The highest BCUT2D eigenvalue weighted by molar-refractivity contribution is 6.30. The normalized spacial score (nSPS) is 16.4. The van der Waals surface area contributed by atoms with Crippen LogP contribution in [0, 0.1) is 0 Å². The minimum atomic E-state index is -0.0743. The van der Waals surface area contributed by atoms with Gasteiger partial charge in [0, 0.05) is 50.9 Å². The molecule has 1 atom stereocenters. The molecule has 0 saturated carbocycles. The number of carbonyl (C=O) groups excluding carboxylic acids is 1. The SMILES string of the molecule is CN=C(NCc1cccc(C(=O)NCC2CCCO2)c1)N(C)Cc1cccc(Cl)c1. The van der Waals surface area contributed by atoms with Gasteiger partial charge in [0.2, 0.25) is 0 Å². The molecule has 6 nitrogen and oxygen atoms in total. The molecule has 2 aromatic carbocycles. The van der Waals surface area contributed by atoms with E-state index < -0.39 is 0 Å². The van der Waals surface area contributed by atoms with Crippen LogP contribution in [0.5, 0.6) is 0 Å². The molecule has 1 amide bonds. The van der Waals surface area contributed by atoms with E-state index in [2.05, 4.69) is 15.6 Å². The lowest BCUT2D eigenvalue weighted by atomic mass is 10.1. The molecule has 1 aliphatic rings. The Morgan fingerprint density at radius 3 is 2.73 bits per heavy atom. The molecule has 0 radical (unpaired) electrons. The molecule has 2 N–H and O–H groups in total. The Bertz CT molecular complexity index is 881. The van der Waals surface area contributed by atoms with Crippen LogP contribution in [0.2, 0.25) is 5.02 Å². The highest BCUT2D eigenvalue weighted by Gasteiger charge is 2.16. The molecule has 0 aromatic heterocycles. The van der Waals surface area contributed by atoms with Gasteiger partial charge < -0.3 is 20.3 Å². The van der Waals surface area contributed by atoms with Gasteiger partial charge in [0.1, 0.15) is 0 Å². The Kier molecular flexibility index (Phi) is 8.11. The van der Waals surface area contributed by atoms with Crippen LogP contribution >= 0.6 is 11.6 Å². The molecule has 1 unspecified atom stereocenters. The standard InChI is InChI=1S/C23H29ClN4O2/c1-25-23(28(2)16-18-7-4-9-20(24)13-18)27-14-17-6-3-8-19(12-17)22(29)26-15-21-10-5-11-30-21/h3-4,6-9,12-13,21H,5,10-11,14-16H2,1-2H3,(H,25,27)(H,26,29). The van der Waals surface area contributed by atoms with Crippen LogP contribution in [-0.2, 0) is 17.8 Å². The summed E-state index contributed by atoms with van der Waals surface area (Å²) in [4.78, 5) is 18.8. The van der Waals surface area contributed by atoms with Gasteiger partial charge in [-0.2, -0.15) is 0 Å². The summed E-state index contributed by atoms with van der Waals surface area (Å²) < 4.78 is 5.56.